The summed E-state index contributed by atoms with van der Waals surface area (Å²) in [5, 5.41) is 10.9. The average molecular weight is 424 g/mol. The fourth-order valence-electron chi connectivity index (χ4n) is 3.74. The third kappa shape index (κ3) is 2.97. The number of aromatic nitrogens is 1. The van der Waals surface area contributed by atoms with Crippen LogP contribution in [0.3, 0.4) is 0 Å². The number of primary amides is 1. The molecule has 0 saturated heterocycles. The highest BCUT2D eigenvalue weighted by atomic mass is 35.5. The summed E-state index contributed by atoms with van der Waals surface area (Å²) in [5.74, 6) is -2.42. The average Bonchev–Trinajstić information content (AvgIpc) is 3.48. The number of pyridine rings is 1. The monoisotopic (exact) mass is 423 g/mol. The van der Waals surface area contributed by atoms with Crippen LogP contribution in [0.1, 0.15) is 31.0 Å². The highest BCUT2D eigenvalue weighted by Crippen LogP contribution is 2.50. The first-order valence-electron chi connectivity index (χ1n) is 9.18. The van der Waals surface area contributed by atoms with Crippen molar-refractivity contribution in [2.24, 2.45) is 17.4 Å². The third-order valence-electron chi connectivity index (χ3n) is 5.89. The van der Waals surface area contributed by atoms with Crippen LogP contribution in [-0.2, 0) is 15.8 Å². The number of halogens is 3. The molecular formula is C20H20ClF2N3O3. The first-order chi connectivity index (χ1) is 13.6. The summed E-state index contributed by atoms with van der Waals surface area (Å²) < 4.78 is 34.0. The maximum absolute atomic E-state index is 14.6. The van der Waals surface area contributed by atoms with Crippen LogP contribution < -0.4 is 16.2 Å². The van der Waals surface area contributed by atoms with Crippen LogP contribution in [-0.4, -0.2) is 29.1 Å². The molecule has 0 spiro atoms. The predicted molar refractivity (Wildman–Crippen MR) is 102 cm³/mol. The van der Waals surface area contributed by atoms with Crippen LogP contribution in [0.25, 0.3) is 11.3 Å². The number of rotatable bonds is 5. The fraction of sp³-hybridized carbons (Fsp3) is 0.400. The molecule has 1 aliphatic carbocycles. The van der Waals surface area contributed by atoms with Crippen LogP contribution in [0.4, 0.5) is 8.78 Å². The molecule has 2 heterocycles. The van der Waals surface area contributed by atoms with Crippen LogP contribution >= 0.6 is 11.6 Å². The maximum atomic E-state index is 14.6. The summed E-state index contributed by atoms with van der Waals surface area (Å²) in [7, 11) is 0. The van der Waals surface area contributed by atoms with Crippen molar-refractivity contribution in [1.29, 1.82) is 0 Å². The third-order valence-corrected chi connectivity index (χ3v) is 6.18. The number of nitrogens with zero attached hydrogens (tertiary/aromatic N) is 1. The predicted octanol–water partition coefficient (Wildman–Crippen LogP) is 2.37. The Kier molecular flexibility index (Phi) is 4.56. The fourth-order valence-corrected chi connectivity index (χ4v) is 3.90. The van der Waals surface area contributed by atoms with Gasteiger partial charge < -0.3 is 21.3 Å². The van der Waals surface area contributed by atoms with E-state index in [0.717, 1.165) is 18.9 Å². The molecule has 154 valence electrons. The van der Waals surface area contributed by atoms with E-state index in [1.807, 2.05) is 0 Å². The first kappa shape index (κ1) is 20.0. The summed E-state index contributed by atoms with van der Waals surface area (Å²) in [5.41, 5.74) is 9.26. The standard InChI is InChI=1S/C20H20ClF2N3O3/c1-19(18(25)27)8-29-17-11(19)5-15(20(28,7-24)9-2-3-9)26-16(17)10-4-12(21)14(23)6-13(10)22/h4-6,9,28H,2-3,7-8,24H2,1H3,(H2,25,27)/t19-,20+/m0/s1. The summed E-state index contributed by atoms with van der Waals surface area (Å²) in [6.07, 6.45) is 1.53. The second-order valence-electron chi connectivity index (χ2n) is 7.87. The molecule has 1 fully saturated rings. The quantitative estimate of drug-likeness (QED) is 0.639. The van der Waals surface area contributed by atoms with Gasteiger partial charge in [0.2, 0.25) is 5.91 Å². The van der Waals surface area contributed by atoms with E-state index in [4.69, 9.17) is 27.8 Å². The smallest absolute Gasteiger partial charge is 0.231 e. The Labute approximate surface area is 170 Å². The second-order valence-corrected chi connectivity index (χ2v) is 8.27. The van der Waals surface area contributed by atoms with E-state index in [9.17, 15) is 18.7 Å². The van der Waals surface area contributed by atoms with Gasteiger partial charge in [-0.3, -0.25) is 4.79 Å². The molecule has 2 aromatic rings. The van der Waals surface area contributed by atoms with E-state index in [1.54, 1.807) is 13.0 Å². The number of aliphatic hydroxyl groups is 1. The molecule has 2 atom stereocenters. The molecule has 6 nitrogen and oxygen atoms in total. The van der Waals surface area contributed by atoms with Crippen molar-refractivity contribution >= 4 is 17.5 Å². The molecule has 1 saturated carbocycles. The van der Waals surface area contributed by atoms with Crippen LogP contribution in [0.15, 0.2) is 18.2 Å². The molecule has 5 N–H and O–H groups in total. The zero-order chi connectivity index (χ0) is 21.1. The molecule has 1 amide bonds. The zero-order valence-electron chi connectivity index (χ0n) is 15.6. The summed E-state index contributed by atoms with van der Waals surface area (Å²) in [6.45, 7) is 1.42. The Bertz CT molecular complexity index is 1030. The van der Waals surface area contributed by atoms with Gasteiger partial charge in [-0.05, 0) is 37.8 Å². The van der Waals surface area contributed by atoms with Crippen molar-refractivity contribution in [2.75, 3.05) is 13.2 Å². The molecule has 1 aromatic heterocycles. The van der Waals surface area contributed by atoms with Crippen molar-refractivity contribution in [1.82, 2.24) is 4.98 Å². The number of carbonyl (C=O) groups excluding carboxylic acids is 1. The largest absolute Gasteiger partial charge is 0.489 e. The van der Waals surface area contributed by atoms with Crippen LogP contribution in [0.2, 0.25) is 5.02 Å². The van der Waals surface area contributed by atoms with Crippen molar-refractivity contribution in [3.8, 4) is 17.0 Å². The van der Waals surface area contributed by atoms with Gasteiger partial charge >= 0.3 is 0 Å². The van der Waals surface area contributed by atoms with Gasteiger partial charge in [-0.25, -0.2) is 13.8 Å². The summed E-state index contributed by atoms with van der Waals surface area (Å²) in [6, 6.07) is 3.29. The van der Waals surface area contributed by atoms with Crippen molar-refractivity contribution in [2.45, 2.75) is 30.8 Å². The van der Waals surface area contributed by atoms with Crippen molar-refractivity contribution in [3.63, 3.8) is 0 Å². The van der Waals surface area contributed by atoms with Gasteiger partial charge in [-0.2, -0.15) is 0 Å². The number of carbonyl (C=O) groups is 1. The van der Waals surface area contributed by atoms with E-state index >= 15 is 0 Å². The molecule has 4 rings (SSSR count). The summed E-state index contributed by atoms with van der Waals surface area (Å²) >= 11 is 5.86. The van der Waals surface area contributed by atoms with Gasteiger partial charge in [0, 0.05) is 23.7 Å². The van der Waals surface area contributed by atoms with Gasteiger partial charge in [0.05, 0.1) is 10.7 Å². The number of benzene rings is 1. The molecule has 2 aliphatic rings. The lowest BCUT2D eigenvalue weighted by molar-refractivity contribution is -0.123. The molecule has 29 heavy (non-hydrogen) atoms. The maximum Gasteiger partial charge on any atom is 0.231 e. The Morgan fingerprint density at radius 3 is 2.66 bits per heavy atom. The van der Waals surface area contributed by atoms with E-state index < -0.39 is 28.6 Å². The molecular weight excluding hydrogens is 404 g/mol. The van der Waals surface area contributed by atoms with Crippen LogP contribution in [0.5, 0.6) is 5.75 Å². The SMILES string of the molecule is C[C@]1(C(N)=O)COc2c1cc([C@@](O)(CN)C1CC1)nc2-c1cc(Cl)c(F)cc1F. The Morgan fingerprint density at radius 2 is 2.07 bits per heavy atom. The zero-order valence-corrected chi connectivity index (χ0v) is 16.4. The Hall–Kier alpha value is -2.29. The van der Waals surface area contributed by atoms with E-state index in [0.29, 0.717) is 11.6 Å². The topological polar surface area (TPSA) is 111 Å². The van der Waals surface area contributed by atoms with Gasteiger partial charge in [0.25, 0.3) is 0 Å². The molecule has 0 unspecified atom stereocenters. The van der Waals surface area contributed by atoms with Crippen molar-refractivity contribution in [3.05, 3.63) is 46.1 Å². The van der Waals surface area contributed by atoms with E-state index in [-0.39, 0.29) is 46.8 Å². The molecule has 0 bridgehead atoms. The van der Waals surface area contributed by atoms with Gasteiger partial charge in [0.15, 0.2) is 0 Å². The van der Waals surface area contributed by atoms with Crippen molar-refractivity contribution < 1.29 is 23.4 Å². The highest BCUT2D eigenvalue weighted by Gasteiger charge is 2.49. The Morgan fingerprint density at radius 1 is 1.38 bits per heavy atom. The first-order valence-corrected chi connectivity index (χ1v) is 9.55. The van der Waals surface area contributed by atoms with Gasteiger partial charge in [-0.1, -0.05) is 11.6 Å². The van der Waals surface area contributed by atoms with E-state index in [1.165, 1.54) is 0 Å². The number of ether oxygens (including phenoxy) is 1. The lowest BCUT2D eigenvalue weighted by atomic mass is 9.81. The van der Waals surface area contributed by atoms with Crippen LogP contribution in [0, 0.1) is 17.6 Å². The second kappa shape index (κ2) is 6.62. The number of hydrogen-bond acceptors (Lipinski definition) is 5. The minimum absolute atomic E-state index is 0.00870. The highest BCUT2D eigenvalue weighted by molar-refractivity contribution is 6.31. The normalized spacial score (nSPS) is 22.7. The van der Waals surface area contributed by atoms with Gasteiger partial charge in [-0.15, -0.1) is 0 Å². The minimum Gasteiger partial charge on any atom is -0.489 e. The number of hydrogen-bond donors (Lipinski definition) is 3. The number of amides is 1. The minimum atomic E-state index is -1.45. The lowest BCUT2D eigenvalue weighted by Gasteiger charge is -2.28. The molecule has 1 aromatic carbocycles. The van der Waals surface area contributed by atoms with E-state index in [2.05, 4.69) is 4.98 Å². The lowest BCUT2D eigenvalue weighted by Crippen LogP contribution is -2.41. The molecule has 0 radical (unpaired) electrons. The Balaban J connectivity index is 2.02. The summed E-state index contributed by atoms with van der Waals surface area (Å²) in [4.78, 5) is 16.6. The van der Waals surface area contributed by atoms with Gasteiger partial charge in [0.1, 0.15) is 40.7 Å². The number of fused-ring (bicyclic) bond motifs is 1. The number of nitrogens with two attached hydrogens (primary N) is 2. The molecule has 9 heteroatoms. The molecule has 1 aliphatic heterocycles.